The van der Waals surface area contributed by atoms with Crippen molar-refractivity contribution in [2.75, 3.05) is 13.7 Å². The molecule has 1 amide bonds. The fraction of sp³-hybridized carbons (Fsp3) is 0.273. The van der Waals surface area contributed by atoms with E-state index in [4.69, 9.17) is 9.47 Å². The minimum atomic E-state index is -0.767. The van der Waals surface area contributed by atoms with Crippen molar-refractivity contribution in [3.05, 3.63) is 71.8 Å². The smallest absolute Gasteiger partial charge is 0.333 e. The largest absolute Gasteiger partial charge is 0.497 e. The van der Waals surface area contributed by atoms with Crippen LogP contribution in [0.25, 0.3) is 5.57 Å². The molecular formula is C22H23NO4. The molecule has 0 spiro atoms. The fourth-order valence-corrected chi connectivity index (χ4v) is 3.35. The lowest BCUT2D eigenvalue weighted by Crippen LogP contribution is -2.43. The SMILES string of the molecule is CCOC(=O)C1C(c2ccccc2)=CC(=O)N1[C@@H](C)c1ccc(OC)cc1. The first-order valence-corrected chi connectivity index (χ1v) is 8.96. The molecule has 1 heterocycles. The lowest BCUT2D eigenvalue weighted by atomic mass is 9.98. The lowest BCUT2D eigenvalue weighted by molar-refractivity contribution is -0.151. The van der Waals surface area contributed by atoms with Gasteiger partial charge in [-0.2, -0.15) is 0 Å². The molecule has 2 atom stereocenters. The number of nitrogens with zero attached hydrogens (tertiary/aromatic N) is 1. The molecule has 5 nitrogen and oxygen atoms in total. The topological polar surface area (TPSA) is 55.8 Å². The second-order valence-corrected chi connectivity index (χ2v) is 6.31. The van der Waals surface area contributed by atoms with Gasteiger partial charge in [0.1, 0.15) is 5.75 Å². The van der Waals surface area contributed by atoms with Gasteiger partial charge in [-0.15, -0.1) is 0 Å². The van der Waals surface area contributed by atoms with Crippen molar-refractivity contribution in [2.45, 2.75) is 25.9 Å². The van der Waals surface area contributed by atoms with Gasteiger partial charge in [0, 0.05) is 6.08 Å². The molecule has 2 aromatic rings. The maximum absolute atomic E-state index is 12.8. The molecule has 0 aliphatic carbocycles. The number of esters is 1. The van der Waals surface area contributed by atoms with E-state index in [-0.39, 0.29) is 18.6 Å². The Labute approximate surface area is 159 Å². The van der Waals surface area contributed by atoms with E-state index in [2.05, 4.69) is 0 Å². The van der Waals surface area contributed by atoms with Crippen molar-refractivity contribution >= 4 is 17.4 Å². The molecule has 3 rings (SSSR count). The molecule has 0 aromatic heterocycles. The van der Waals surface area contributed by atoms with E-state index in [1.54, 1.807) is 18.9 Å². The average Bonchev–Trinajstić information content (AvgIpc) is 3.05. The van der Waals surface area contributed by atoms with Gasteiger partial charge in [0.15, 0.2) is 6.04 Å². The summed E-state index contributed by atoms with van der Waals surface area (Å²) in [5.74, 6) is 0.123. The van der Waals surface area contributed by atoms with E-state index in [1.165, 1.54) is 6.08 Å². The van der Waals surface area contributed by atoms with Crippen LogP contribution >= 0.6 is 0 Å². The van der Waals surface area contributed by atoms with Crippen LogP contribution in [0.5, 0.6) is 5.75 Å². The lowest BCUT2D eigenvalue weighted by Gasteiger charge is -2.31. The number of carbonyl (C=O) groups is 2. The summed E-state index contributed by atoms with van der Waals surface area (Å²) < 4.78 is 10.5. The van der Waals surface area contributed by atoms with E-state index in [9.17, 15) is 9.59 Å². The van der Waals surface area contributed by atoms with Crippen LogP contribution in [0.2, 0.25) is 0 Å². The van der Waals surface area contributed by atoms with Gasteiger partial charge in [-0.25, -0.2) is 4.79 Å². The normalized spacial score (nSPS) is 17.4. The Bertz CT molecular complexity index is 842. The van der Waals surface area contributed by atoms with E-state index in [0.717, 1.165) is 16.9 Å². The minimum Gasteiger partial charge on any atom is -0.497 e. The highest BCUT2D eigenvalue weighted by Crippen LogP contribution is 2.36. The molecule has 2 aromatic carbocycles. The summed E-state index contributed by atoms with van der Waals surface area (Å²) in [6, 6.07) is 15.9. The molecule has 0 saturated carbocycles. The molecule has 0 saturated heterocycles. The summed E-state index contributed by atoms with van der Waals surface area (Å²) in [5, 5.41) is 0. The highest BCUT2D eigenvalue weighted by Gasteiger charge is 2.42. The monoisotopic (exact) mass is 365 g/mol. The standard InChI is InChI=1S/C22H23NO4/c1-4-27-22(25)21-19(17-8-6-5-7-9-17)14-20(24)23(21)15(2)16-10-12-18(26-3)13-11-16/h5-15,21H,4H2,1-3H3/t15-,21?/m0/s1. The van der Waals surface area contributed by atoms with Gasteiger partial charge in [0.05, 0.1) is 19.8 Å². The van der Waals surface area contributed by atoms with Gasteiger partial charge in [-0.1, -0.05) is 42.5 Å². The Morgan fingerprint density at radius 1 is 1.11 bits per heavy atom. The van der Waals surface area contributed by atoms with Crippen LogP contribution in [0.1, 0.15) is 31.0 Å². The first-order valence-electron chi connectivity index (χ1n) is 8.96. The maximum atomic E-state index is 12.8. The third-order valence-corrected chi connectivity index (χ3v) is 4.74. The predicted octanol–water partition coefficient (Wildman–Crippen LogP) is 3.61. The predicted molar refractivity (Wildman–Crippen MR) is 103 cm³/mol. The Hall–Kier alpha value is -3.08. The van der Waals surface area contributed by atoms with Gasteiger partial charge in [0.2, 0.25) is 5.91 Å². The zero-order valence-electron chi connectivity index (χ0n) is 15.7. The van der Waals surface area contributed by atoms with Crippen molar-refractivity contribution in [1.82, 2.24) is 4.90 Å². The molecule has 0 N–H and O–H groups in total. The molecule has 5 heteroatoms. The van der Waals surface area contributed by atoms with Crippen LogP contribution in [0.15, 0.2) is 60.7 Å². The first-order chi connectivity index (χ1) is 13.1. The van der Waals surface area contributed by atoms with E-state index in [0.29, 0.717) is 5.57 Å². The second kappa shape index (κ2) is 8.08. The van der Waals surface area contributed by atoms with Crippen molar-refractivity contribution in [3.63, 3.8) is 0 Å². The summed E-state index contributed by atoms with van der Waals surface area (Å²) in [6.45, 7) is 3.93. The second-order valence-electron chi connectivity index (χ2n) is 6.31. The van der Waals surface area contributed by atoms with Crippen LogP contribution in [-0.2, 0) is 14.3 Å². The summed E-state index contributed by atoms with van der Waals surface area (Å²) in [5.41, 5.74) is 2.42. The number of hydrogen-bond acceptors (Lipinski definition) is 4. The highest BCUT2D eigenvalue weighted by molar-refractivity contribution is 6.09. The Kier molecular flexibility index (Phi) is 5.60. The Morgan fingerprint density at radius 2 is 1.78 bits per heavy atom. The number of carbonyl (C=O) groups excluding carboxylic acids is 2. The number of benzene rings is 2. The summed E-state index contributed by atoms with van der Waals surface area (Å²) in [4.78, 5) is 27.2. The Morgan fingerprint density at radius 3 is 2.37 bits per heavy atom. The van der Waals surface area contributed by atoms with Crippen LogP contribution in [0.4, 0.5) is 0 Å². The first kappa shape index (κ1) is 18.7. The average molecular weight is 365 g/mol. The van der Waals surface area contributed by atoms with Crippen molar-refractivity contribution < 1.29 is 19.1 Å². The van der Waals surface area contributed by atoms with Crippen molar-refractivity contribution in [1.29, 1.82) is 0 Å². The number of hydrogen-bond donors (Lipinski definition) is 0. The van der Waals surface area contributed by atoms with Gasteiger partial charge < -0.3 is 14.4 Å². The van der Waals surface area contributed by atoms with Crippen LogP contribution in [0.3, 0.4) is 0 Å². The molecule has 1 aliphatic heterocycles. The molecule has 140 valence electrons. The van der Waals surface area contributed by atoms with Gasteiger partial charge in [-0.05, 0) is 42.7 Å². The van der Waals surface area contributed by atoms with Crippen LogP contribution in [-0.4, -0.2) is 36.5 Å². The molecule has 0 fully saturated rings. The molecule has 0 bridgehead atoms. The summed E-state index contributed by atoms with van der Waals surface area (Å²) >= 11 is 0. The summed E-state index contributed by atoms with van der Waals surface area (Å²) in [7, 11) is 1.61. The zero-order chi connectivity index (χ0) is 19.4. The van der Waals surface area contributed by atoms with E-state index < -0.39 is 12.0 Å². The maximum Gasteiger partial charge on any atom is 0.333 e. The van der Waals surface area contributed by atoms with Gasteiger partial charge in [-0.3, -0.25) is 4.79 Å². The molecule has 1 aliphatic rings. The van der Waals surface area contributed by atoms with Crippen molar-refractivity contribution in [2.24, 2.45) is 0 Å². The molecule has 0 radical (unpaired) electrons. The van der Waals surface area contributed by atoms with E-state index >= 15 is 0 Å². The molecular weight excluding hydrogens is 342 g/mol. The summed E-state index contributed by atoms with van der Waals surface area (Å²) in [6.07, 6.45) is 1.54. The van der Waals surface area contributed by atoms with Gasteiger partial charge >= 0.3 is 5.97 Å². The third kappa shape index (κ3) is 3.72. The quantitative estimate of drug-likeness (QED) is 0.734. The number of amides is 1. The number of methoxy groups -OCH3 is 1. The highest BCUT2D eigenvalue weighted by atomic mass is 16.5. The molecule has 1 unspecified atom stereocenters. The van der Waals surface area contributed by atoms with Crippen LogP contribution < -0.4 is 4.74 Å². The van der Waals surface area contributed by atoms with E-state index in [1.807, 2.05) is 61.5 Å². The van der Waals surface area contributed by atoms with Crippen LogP contribution in [0, 0.1) is 0 Å². The van der Waals surface area contributed by atoms with Gasteiger partial charge in [0.25, 0.3) is 0 Å². The Balaban J connectivity index is 1.97. The number of ether oxygens (including phenoxy) is 2. The van der Waals surface area contributed by atoms with Crippen molar-refractivity contribution in [3.8, 4) is 5.75 Å². The third-order valence-electron chi connectivity index (χ3n) is 4.74. The number of rotatable bonds is 6. The minimum absolute atomic E-state index is 0.199. The molecule has 27 heavy (non-hydrogen) atoms. The zero-order valence-corrected chi connectivity index (χ0v) is 15.7. The fourth-order valence-electron chi connectivity index (χ4n) is 3.35.